The molecule has 5 heteroatoms. The van der Waals surface area contributed by atoms with E-state index in [1.165, 1.54) is 6.07 Å². The monoisotopic (exact) mass is 232 g/mol. The molecule has 0 atom stereocenters. The van der Waals surface area contributed by atoms with Gasteiger partial charge in [0, 0.05) is 18.6 Å². The van der Waals surface area contributed by atoms with Crippen molar-refractivity contribution in [2.45, 2.75) is 6.54 Å². The highest BCUT2D eigenvalue weighted by atomic mass is 16.4. The number of nitrogens with zero attached hydrogens (tertiary/aromatic N) is 1. The molecule has 0 fully saturated rings. The molecular weight excluding hydrogens is 220 g/mol. The number of likely N-dealkylation sites (N-methyl/N-ethyl adjacent to an activating group) is 1. The average Bonchev–Trinajstić information content (AvgIpc) is 2.72. The summed E-state index contributed by atoms with van der Waals surface area (Å²) in [6.07, 6.45) is 1.71. The zero-order chi connectivity index (χ0) is 12.4. The van der Waals surface area contributed by atoms with E-state index in [1.807, 2.05) is 6.07 Å². The molecule has 5 nitrogen and oxygen atoms in total. The standard InChI is InChI=1S/C12H12N2O3/c1-13-10(15)7-14-6-5-8-3-2-4-9(11(8)14)12(16)17/h2-6H,7H2,1H3,(H,13,15)(H,16,17). The Morgan fingerprint density at radius 1 is 1.35 bits per heavy atom. The van der Waals surface area contributed by atoms with Crippen molar-refractivity contribution >= 4 is 22.8 Å². The Bertz CT molecular complexity index is 586. The van der Waals surface area contributed by atoms with Crippen LogP contribution in [0, 0.1) is 0 Å². The van der Waals surface area contributed by atoms with Gasteiger partial charge in [-0.05, 0) is 12.1 Å². The van der Waals surface area contributed by atoms with Crippen molar-refractivity contribution in [1.82, 2.24) is 9.88 Å². The van der Waals surface area contributed by atoms with E-state index in [2.05, 4.69) is 5.32 Å². The first-order chi connectivity index (χ1) is 8.13. The molecule has 0 aliphatic carbocycles. The van der Waals surface area contributed by atoms with Crippen molar-refractivity contribution < 1.29 is 14.7 Å². The number of carboxylic acids is 1. The molecule has 0 aliphatic rings. The van der Waals surface area contributed by atoms with Crippen LogP contribution in [0.2, 0.25) is 0 Å². The molecule has 2 N–H and O–H groups in total. The fourth-order valence-corrected chi connectivity index (χ4v) is 1.80. The Morgan fingerprint density at radius 3 is 2.76 bits per heavy atom. The SMILES string of the molecule is CNC(=O)Cn1ccc2cccc(C(=O)O)c21. The highest BCUT2D eigenvalue weighted by Gasteiger charge is 2.13. The van der Waals surface area contributed by atoms with Gasteiger partial charge in [0.25, 0.3) is 0 Å². The highest BCUT2D eigenvalue weighted by molar-refractivity contribution is 6.02. The van der Waals surface area contributed by atoms with Gasteiger partial charge in [0.2, 0.25) is 5.91 Å². The zero-order valence-corrected chi connectivity index (χ0v) is 9.30. The van der Waals surface area contributed by atoms with Crippen molar-refractivity contribution in [2.75, 3.05) is 7.05 Å². The fourth-order valence-electron chi connectivity index (χ4n) is 1.80. The summed E-state index contributed by atoms with van der Waals surface area (Å²) < 4.78 is 1.64. The molecule has 0 saturated carbocycles. The smallest absolute Gasteiger partial charge is 0.337 e. The predicted molar refractivity (Wildman–Crippen MR) is 63.0 cm³/mol. The van der Waals surface area contributed by atoms with E-state index < -0.39 is 5.97 Å². The van der Waals surface area contributed by atoms with Crippen molar-refractivity contribution in [2.24, 2.45) is 0 Å². The Balaban J connectivity index is 2.57. The number of carbonyl (C=O) groups is 2. The number of carbonyl (C=O) groups excluding carboxylic acids is 1. The van der Waals surface area contributed by atoms with E-state index in [-0.39, 0.29) is 18.0 Å². The van der Waals surface area contributed by atoms with Gasteiger partial charge < -0.3 is 15.0 Å². The normalized spacial score (nSPS) is 10.4. The Hall–Kier alpha value is -2.30. The van der Waals surface area contributed by atoms with Crippen LogP contribution in [-0.4, -0.2) is 28.6 Å². The number of hydrogen-bond acceptors (Lipinski definition) is 2. The Labute approximate surface area is 97.7 Å². The number of carboxylic acid groups (broad SMARTS) is 1. The van der Waals surface area contributed by atoms with E-state index in [1.54, 1.807) is 29.9 Å². The van der Waals surface area contributed by atoms with Gasteiger partial charge in [0.15, 0.2) is 0 Å². The van der Waals surface area contributed by atoms with Crippen LogP contribution in [0.5, 0.6) is 0 Å². The van der Waals surface area contributed by atoms with Crippen LogP contribution in [0.4, 0.5) is 0 Å². The van der Waals surface area contributed by atoms with E-state index in [0.29, 0.717) is 5.52 Å². The number of amides is 1. The zero-order valence-electron chi connectivity index (χ0n) is 9.30. The molecule has 88 valence electrons. The second-order valence-corrected chi connectivity index (χ2v) is 3.67. The molecular formula is C12H12N2O3. The quantitative estimate of drug-likeness (QED) is 0.832. The Kier molecular flexibility index (Phi) is 2.82. The summed E-state index contributed by atoms with van der Waals surface area (Å²) in [5, 5.41) is 12.4. The van der Waals surface area contributed by atoms with Crippen LogP contribution in [0.3, 0.4) is 0 Å². The molecule has 2 aromatic rings. The maximum atomic E-state index is 11.3. The van der Waals surface area contributed by atoms with Crippen molar-refractivity contribution in [3.05, 3.63) is 36.0 Å². The number of para-hydroxylation sites is 1. The molecule has 17 heavy (non-hydrogen) atoms. The van der Waals surface area contributed by atoms with Gasteiger partial charge in [0.05, 0.1) is 11.1 Å². The van der Waals surface area contributed by atoms with Crippen LogP contribution in [0.15, 0.2) is 30.5 Å². The molecule has 1 aromatic heterocycles. The number of hydrogen-bond donors (Lipinski definition) is 2. The molecule has 0 unspecified atom stereocenters. The third kappa shape index (κ3) is 1.99. The van der Waals surface area contributed by atoms with Crippen LogP contribution in [-0.2, 0) is 11.3 Å². The molecule has 0 spiro atoms. The van der Waals surface area contributed by atoms with E-state index in [0.717, 1.165) is 5.39 Å². The number of fused-ring (bicyclic) bond motifs is 1. The van der Waals surface area contributed by atoms with Gasteiger partial charge in [0.1, 0.15) is 6.54 Å². The summed E-state index contributed by atoms with van der Waals surface area (Å²) in [6.45, 7) is 0.115. The molecule has 1 aromatic carbocycles. The topological polar surface area (TPSA) is 71.3 Å². The van der Waals surface area contributed by atoms with Crippen LogP contribution >= 0.6 is 0 Å². The third-order valence-corrected chi connectivity index (χ3v) is 2.61. The lowest BCUT2D eigenvalue weighted by atomic mass is 10.1. The Morgan fingerprint density at radius 2 is 2.12 bits per heavy atom. The molecule has 2 rings (SSSR count). The lowest BCUT2D eigenvalue weighted by Crippen LogP contribution is -2.23. The van der Waals surface area contributed by atoms with Gasteiger partial charge in [-0.25, -0.2) is 4.79 Å². The van der Waals surface area contributed by atoms with Gasteiger partial charge in [-0.2, -0.15) is 0 Å². The first kappa shape index (κ1) is 11.2. The first-order valence-electron chi connectivity index (χ1n) is 5.15. The second-order valence-electron chi connectivity index (χ2n) is 3.67. The maximum Gasteiger partial charge on any atom is 0.337 e. The van der Waals surface area contributed by atoms with Gasteiger partial charge >= 0.3 is 5.97 Å². The summed E-state index contributed by atoms with van der Waals surface area (Å²) >= 11 is 0. The minimum Gasteiger partial charge on any atom is -0.478 e. The third-order valence-electron chi connectivity index (χ3n) is 2.61. The van der Waals surface area contributed by atoms with Crippen molar-refractivity contribution in [3.63, 3.8) is 0 Å². The van der Waals surface area contributed by atoms with Gasteiger partial charge in [-0.3, -0.25) is 4.79 Å². The number of nitrogens with one attached hydrogen (secondary N) is 1. The second kappa shape index (κ2) is 4.29. The van der Waals surface area contributed by atoms with Crippen LogP contribution in [0.1, 0.15) is 10.4 Å². The van der Waals surface area contributed by atoms with Gasteiger partial charge in [-0.1, -0.05) is 12.1 Å². The maximum absolute atomic E-state index is 11.3. The summed E-state index contributed by atoms with van der Waals surface area (Å²) in [7, 11) is 1.55. The number of benzene rings is 1. The lowest BCUT2D eigenvalue weighted by molar-refractivity contribution is -0.121. The predicted octanol–water partition coefficient (Wildman–Crippen LogP) is 1.09. The summed E-state index contributed by atoms with van der Waals surface area (Å²) in [5.74, 6) is -1.16. The number of aromatic nitrogens is 1. The first-order valence-corrected chi connectivity index (χ1v) is 5.15. The molecule has 1 heterocycles. The minimum atomic E-state index is -0.993. The van der Waals surface area contributed by atoms with Crippen LogP contribution in [0.25, 0.3) is 10.9 Å². The summed E-state index contributed by atoms with van der Waals surface area (Å²) in [6, 6.07) is 6.84. The summed E-state index contributed by atoms with van der Waals surface area (Å²) in [5.41, 5.74) is 0.778. The largest absolute Gasteiger partial charge is 0.478 e. The molecule has 0 radical (unpaired) electrons. The molecule has 0 saturated heterocycles. The molecule has 0 bridgehead atoms. The number of aromatic carboxylic acids is 1. The summed E-state index contributed by atoms with van der Waals surface area (Å²) in [4.78, 5) is 22.4. The highest BCUT2D eigenvalue weighted by Crippen LogP contribution is 2.20. The van der Waals surface area contributed by atoms with E-state index >= 15 is 0 Å². The van der Waals surface area contributed by atoms with Crippen LogP contribution < -0.4 is 5.32 Å². The van der Waals surface area contributed by atoms with Crippen molar-refractivity contribution in [1.29, 1.82) is 0 Å². The minimum absolute atomic E-state index is 0.115. The number of rotatable bonds is 3. The van der Waals surface area contributed by atoms with Crippen molar-refractivity contribution in [3.8, 4) is 0 Å². The fraction of sp³-hybridized carbons (Fsp3) is 0.167. The average molecular weight is 232 g/mol. The van der Waals surface area contributed by atoms with E-state index in [9.17, 15) is 9.59 Å². The molecule has 0 aliphatic heterocycles. The van der Waals surface area contributed by atoms with Gasteiger partial charge in [-0.15, -0.1) is 0 Å². The molecule has 1 amide bonds. The lowest BCUT2D eigenvalue weighted by Gasteiger charge is -2.06. The van der Waals surface area contributed by atoms with E-state index in [4.69, 9.17) is 5.11 Å².